The minimum absolute atomic E-state index is 0. The molecule has 1 atom stereocenters. The van der Waals surface area contributed by atoms with Gasteiger partial charge in [-0.2, -0.15) is 0 Å². The highest BCUT2D eigenvalue weighted by molar-refractivity contribution is 5.85. The predicted octanol–water partition coefficient (Wildman–Crippen LogP) is 5.58. The molecule has 2 aromatic rings. The van der Waals surface area contributed by atoms with Crippen LogP contribution in [-0.2, 0) is 0 Å². The lowest BCUT2D eigenvalue weighted by molar-refractivity contribution is 0.134. The fourth-order valence-corrected chi connectivity index (χ4v) is 2.86. The van der Waals surface area contributed by atoms with Gasteiger partial charge in [0.15, 0.2) is 0 Å². The van der Waals surface area contributed by atoms with E-state index in [0.29, 0.717) is 12.3 Å². The Hall–Kier alpha value is -1.93. The normalized spacial score (nSPS) is 13.5. The number of hydrogen-bond donors (Lipinski definition) is 1. The van der Waals surface area contributed by atoms with Gasteiger partial charge in [-0.05, 0) is 43.5 Å². The van der Waals surface area contributed by atoms with Crippen molar-refractivity contribution in [1.29, 1.82) is 0 Å². The van der Waals surface area contributed by atoms with E-state index in [1.165, 1.54) is 24.4 Å². The lowest BCUT2D eigenvalue weighted by atomic mass is 9.93. The molecule has 9 heteroatoms. The second-order valence-electron chi connectivity index (χ2n) is 7.19. The van der Waals surface area contributed by atoms with Crippen LogP contribution in [-0.4, -0.2) is 22.1 Å². The van der Waals surface area contributed by atoms with Crippen LogP contribution in [0.15, 0.2) is 30.5 Å². The Bertz CT molecular complexity index is 773. The number of nitrogens with two attached hydrogens (primary N) is 1. The molecule has 0 bridgehead atoms. The van der Waals surface area contributed by atoms with Crippen molar-refractivity contribution in [2.24, 2.45) is 11.7 Å². The molecule has 0 radical (unpaired) electrons. The van der Waals surface area contributed by atoms with Gasteiger partial charge in [0, 0.05) is 17.3 Å². The van der Waals surface area contributed by atoms with Crippen LogP contribution in [0.5, 0.6) is 5.75 Å². The van der Waals surface area contributed by atoms with Crippen LogP contribution in [0.4, 0.5) is 17.6 Å². The third-order valence-corrected chi connectivity index (χ3v) is 3.83. The van der Waals surface area contributed by atoms with E-state index in [9.17, 15) is 17.6 Å². The van der Waals surface area contributed by atoms with E-state index >= 15 is 0 Å². The molecule has 0 fully saturated rings. The van der Waals surface area contributed by atoms with E-state index in [2.05, 4.69) is 9.97 Å². The SMILES string of the molecule is CC(C)CC(C)(N)COc1ccc(-c2ccnc(C(F)F)c2)nc1C(F)F.Cl. The maximum Gasteiger partial charge on any atom is 0.284 e. The molecule has 0 amide bonds. The summed E-state index contributed by atoms with van der Waals surface area (Å²) in [5, 5.41) is 0. The Morgan fingerprint density at radius 3 is 2.36 bits per heavy atom. The van der Waals surface area contributed by atoms with Crippen molar-refractivity contribution >= 4 is 12.4 Å². The summed E-state index contributed by atoms with van der Waals surface area (Å²) < 4.78 is 58.0. The summed E-state index contributed by atoms with van der Waals surface area (Å²) in [6, 6.07) is 5.37. The summed E-state index contributed by atoms with van der Waals surface area (Å²) in [7, 11) is 0. The highest BCUT2D eigenvalue weighted by Gasteiger charge is 2.24. The van der Waals surface area contributed by atoms with Crippen molar-refractivity contribution < 1.29 is 22.3 Å². The molecule has 0 saturated heterocycles. The number of alkyl halides is 4. The first kappa shape index (κ1) is 24.1. The number of nitrogens with zero attached hydrogens (tertiary/aromatic N) is 2. The van der Waals surface area contributed by atoms with E-state index in [1.807, 2.05) is 13.8 Å². The molecule has 2 rings (SSSR count). The maximum absolute atomic E-state index is 13.5. The van der Waals surface area contributed by atoms with Gasteiger partial charge in [0.05, 0.1) is 5.69 Å². The largest absolute Gasteiger partial charge is 0.490 e. The highest BCUT2D eigenvalue weighted by atomic mass is 35.5. The molecule has 0 aliphatic heterocycles. The van der Waals surface area contributed by atoms with Crippen LogP contribution in [0.2, 0.25) is 0 Å². The van der Waals surface area contributed by atoms with Gasteiger partial charge < -0.3 is 10.5 Å². The van der Waals surface area contributed by atoms with Crippen molar-refractivity contribution in [3.63, 3.8) is 0 Å². The van der Waals surface area contributed by atoms with Crippen molar-refractivity contribution in [1.82, 2.24) is 9.97 Å². The van der Waals surface area contributed by atoms with Gasteiger partial charge in [0.2, 0.25) is 0 Å². The van der Waals surface area contributed by atoms with Crippen LogP contribution < -0.4 is 10.5 Å². The zero-order valence-corrected chi connectivity index (χ0v) is 16.6. The zero-order valence-electron chi connectivity index (χ0n) is 15.8. The Kier molecular flexibility index (Phi) is 8.63. The average Bonchev–Trinajstić information content (AvgIpc) is 2.58. The monoisotopic (exact) mass is 421 g/mol. The van der Waals surface area contributed by atoms with Gasteiger partial charge in [-0.1, -0.05) is 13.8 Å². The zero-order chi connectivity index (χ0) is 20.2. The third kappa shape index (κ3) is 6.60. The Morgan fingerprint density at radius 1 is 1.11 bits per heavy atom. The molecule has 0 spiro atoms. The molecule has 4 nitrogen and oxygen atoms in total. The van der Waals surface area contributed by atoms with Crippen LogP contribution >= 0.6 is 12.4 Å². The fourth-order valence-electron chi connectivity index (χ4n) is 2.86. The second-order valence-corrected chi connectivity index (χ2v) is 7.19. The van der Waals surface area contributed by atoms with Gasteiger partial charge in [0.1, 0.15) is 23.7 Å². The van der Waals surface area contributed by atoms with Crippen LogP contribution in [0.25, 0.3) is 11.3 Å². The van der Waals surface area contributed by atoms with E-state index in [1.54, 1.807) is 6.92 Å². The van der Waals surface area contributed by atoms with Crippen molar-refractivity contribution in [2.45, 2.75) is 45.6 Å². The van der Waals surface area contributed by atoms with Crippen LogP contribution in [0, 0.1) is 5.92 Å². The average molecular weight is 422 g/mol. The van der Waals surface area contributed by atoms with Gasteiger partial charge in [-0.25, -0.2) is 22.5 Å². The second kappa shape index (κ2) is 10.0. The predicted molar refractivity (Wildman–Crippen MR) is 102 cm³/mol. The van der Waals surface area contributed by atoms with Gasteiger partial charge >= 0.3 is 0 Å². The minimum Gasteiger partial charge on any atom is -0.490 e. The molecular weight excluding hydrogens is 398 g/mol. The first-order valence-corrected chi connectivity index (χ1v) is 8.54. The Labute approximate surface area is 167 Å². The Morgan fingerprint density at radius 2 is 1.79 bits per heavy atom. The van der Waals surface area contributed by atoms with E-state index < -0.39 is 29.8 Å². The summed E-state index contributed by atoms with van der Waals surface area (Å²) in [6.07, 6.45) is -3.79. The van der Waals surface area contributed by atoms with Crippen LogP contribution in [0.1, 0.15) is 51.4 Å². The first-order chi connectivity index (χ1) is 12.6. The number of aromatic nitrogens is 2. The molecule has 2 N–H and O–H groups in total. The lowest BCUT2D eigenvalue weighted by Crippen LogP contribution is -2.43. The number of halogens is 5. The molecule has 1 unspecified atom stereocenters. The van der Waals surface area contributed by atoms with Crippen LogP contribution in [0.3, 0.4) is 0 Å². The molecule has 2 heterocycles. The van der Waals surface area contributed by atoms with Crippen molar-refractivity contribution in [3.05, 3.63) is 41.9 Å². The molecule has 0 aliphatic rings. The number of pyridine rings is 2. The van der Waals surface area contributed by atoms with E-state index in [0.717, 1.165) is 6.07 Å². The maximum atomic E-state index is 13.5. The molecule has 28 heavy (non-hydrogen) atoms. The highest BCUT2D eigenvalue weighted by Crippen LogP contribution is 2.32. The summed E-state index contributed by atoms with van der Waals surface area (Å²) >= 11 is 0. The summed E-state index contributed by atoms with van der Waals surface area (Å²) in [4.78, 5) is 7.47. The van der Waals surface area contributed by atoms with Gasteiger partial charge in [-0.15, -0.1) is 12.4 Å². The quantitative estimate of drug-likeness (QED) is 0.565. The molecule has 0 saturated carbocycles. The summed E-state index contributed by atoms with van der Waals surface area (Å²) in [6.45, 7) is 5.86. The Balaban J connectivity index is 0.00000392. The lowest BCUT2D eigenvalue weighted by Gasteiger charge is -2.27. The molecule has 156 valence electrons. The number of rotatable bonds is 8. The topological polar surface area (TPSA) is 61.0 Å². The van der Waals surface area contributed by atoms with Gasteiger partial charge in [0.25, 0.3) is 12.9 Å². The minimum atomic E-state index is -2.88. The third-order valence-electron chi connectivity index (χ3n) is 3.83. The van der Waals surface area contributed by atoms with Crippen molar-refractivity contribution in [2.75, 3.05) is 6.61 Å². The molecule has 2 aromatic heterocycles. The van der Waals surface area contributed by atoms with Crippen molar-refractivity contribution in [3.8, 4) is 17.0 Å². The molecule has 0 aliphatic carbocycles. The first-order valence-electron chi connectivity index (χ1n) is 8.54. The standard InChI is InChI=1S/C19H23F4N3O.ClH/c1-11(2)9-19(3,24)10-27-15-5-4-13(26-16(15)18(22)23)12-6-7-25-14(8-12)17(20)21;/h4-8,11,17-18H,9-10,24H2,1-3H3;1H. The van der Waals surface area contributed by atoms with E-state index in [-0.39, 0.29) is 36.0 Å². The molecule has 0 aromatic carbocycles. The van der Waals surface area contributed by atoms with E-state index in [4.69, 9.17) is 10.5 Å². The summed E-state index contributed by atoms with van der Waals surface area (Å²) in [5.74, 6) is 0.256. The number of ether oxygens (including phenoxy) is 1. The summed E-state index contributed by atoms with van der Waals surface area (Å²) in [5.41, 5.74) is 4.89. The smallest absolute Gasteiger partial charge is 0.284 e. The molecular formula is C19H24ClF4N3O. The number of hydrogen-bond acceptors (Lipinski definition) is 4. The fraction of sp³-hybridized carbons (Fsp3) is 0.474. The van der Waals surface area contributed by atoms with Gasteiger partial charge in [-0.3, -0.25) is 4.98 Å².